The summed E-state index contributed by atoms with van der Waals surface area (Å²) in [5, 5.41) is 0.931. The standard InChI is InChI=1S/C15H17N3OS/c1-3-4-11-5-6-13-12(9-11)18(10-19-2)14-15(20-13)17-8-7-16-14/h5-9H,3-4,10H2,1-2H3. The van der Waals surface area contributed by atoms with Crippen molar-refractivity contribution in [3.63, 3.8) is 0 Å². The molecule has 3 rings (SSSR count). The highest BCUT2D eigenvalue weighted by Crippen LogP contribution is 2.46. The lowest BCUT2D eigenvalue weighted by Crippen LogP contribution is -2.24. The zero-order valence-corrected chi connectivity index (χ0v) is 12.5. The minimum atomic E-state index is 0.481. The van der Waals surface area contributed by atoms with E-state index in [9.17, 15) is 0 Å². The second-order valence-corrected chi connectivity index (χ2v) is 5.72. The molecule has 1 aliphatic rings. The van der Waals surface area contributed by atoms with Crippen molar-refractivity contribution in [2.45, 2.75) is 29.7 Å². The first-order valence-electron chi connectivity index (χ1n) is 6.71. The molecule has 0 radical (unpaired) electrons. The van der Waals surface area contributed by atoms with Gasteiger partial charge in [-0.25, -0.2) is 9.97 Å². The predicted octanol–water partition coefficient (Wildman–Crippen LogP) is 3.64. The molecule has 4 nitrogen and oxygen atoms in total. The van der Waals surface area contributed by atoms with Crippen molar-refractivity contribution in [1.29, 1.82) is 0 Å². The molecule has 0 atom stereocenters. The van der Waals surface area contributed by atoms with Gasteiger partial charge >= 0.3 is 0 Å². The summed E-state index contributed by atoms with van der Waals surface area (Å²) in [4.78, 5) is 12.2. The van der Waals surface area contributed by atoms with E-state index < -0.39 is 0 Å². The molecule has 5 heteroatoms. The topological polar surface area (TPSA) is 38.2 Å². The van der Waals surface area contributed by atoms with E-state index in [4.69, 9.17) is 4.74 Å². The van der Waals surface area contributed by atoms with Gasteiger partial charge in [-0.1, -0.05) is 31.2 Å². The molecule has 1 aromatic heterocycles. The molecule has 0 saturated heterocycles. The van der Waals surface area contributed by atoms with Gasteiger partial charge in [-0.3, -0.25) is 4.90 Å². The number of nitrogens with zero attached hydrogens (tertiary/aromatic N) is 3. The third kappa shape index (κ3) is 2.39. The number of hydrogen-bond acceptors (Lipinski definition) is 5. The molecule has 2 heterocycles. The summed E-state index contributed by atoms with van der Waals surface area (Å²) in [5.74, 6) is 0.875. The Kier molecular flexibility index (Phi) is 3.89. The number of ether oxygens (including phenoxy) is 1. The number of anilines is 2. The second-order valence-electron chi connectivity index (χ2n) is 4.69. The van der Waals surface area contributed by atoms with Gasteiger partial charge in [0.1, 0.15) is 11.8 Å². The lowest BCUT2D eigenvalue weighted by atomic mass is 10.1. The Morgan fingerprint density at radius 1 is 1.25 bits per heavy atom. The average molecular weight is 287 g/mol. The van der Waals surface area contributed by atoms with Crippen molar-refractivity contribution in [2.75, 3.05) is 18.7 Å². The fourth-order valence-electron chi connectivity index (χ4n) is 2.36. The van der Waals surface area contributed by atoms with Crippen LogP contribution < -0.4 is 4.90 Å². The van der Waals surface area contributed by atoms with E-state index >= 15 is 0 Å². The molecule has 1 aromatic carbocycles. The normalized spacial score (nSPS) is 13.0. The molecular formula is C15H17N3OS. The maximum absolute atomic E-state index is 5.34. The van der Waals surface area contributed by atoms with Crippen molar-refractivity contribution in [1.82, 2.24) is 9.97 Å². The van der Waals surface area contributed by atoms with E-state index in [2.05, 4.69) is 40.0 Å². The van der Waals surface area contributed by atoms with Crippen LogP contribution >= 0.6 is 11.8 Å². The van der Waals surface area contributed by atoms with Crippen molar-refractivity contribution in [3.8, 4) is 0 Å². The van der Waals surface area contributed by atoms with Crippen molar-refractivity contribution < 1.29 is 4.74 Å². The molecule has 2 aromatic rings. The smallest absolute Gasteiger partial charge is 0.168 e. The zero-order valence-electron chi connectivity index (χ0n) is 11.7. The maximum atomic E-state index is 5.34. The van der Waals surface area contributed by atoms with Crippen LogP contribution in [0.15, 0.2) is 40.5 Å². The van der Waals surface area contributed by atoms with E-state index in [0.717, 1.165) is 29.4 Å². The monoisotopic (exact) mass is 287 g/mol. The number of benzene rings is 1. The molecule has 0 spiro atoms. The second kappa shape index (κ2) is 5.81. The van der Waals surface area contributed by atoms with Gasteiger partial charge in [0.05, 0.1) is 5.69 Å². The van der Waals surface area contributed by atoms with Gasteiger partial charge < -0.3 is 4.74 Å². The Labute approximate surface area is 123 Å². The van der Waals surface area contributed by atoms with Crippen LogP contribution in [0.1, 0.15) is 18.9 Å². The van der Waals surface area contributed by atoms with Crippen molar-refractivity contribution >= 4 is 23.3 Å². The van der Waals surface area contributed by atoms with Crippen molar-refractivity contribution in [3.05, 3.63) is 36.2 Å². The van der Waals surface area contributed by atoms with E-state index in [1.54, 1.807) is 31.3 Å². The number of hydrogen-bond donors (Lipinski definition) is 0. The molecule has 0 unspecified atom stereocenters. The number of fused-ring (bicyclic) bond motifs is 2. The quantitative estimate of drug-likeness (QED) is 0.858. The predicted molar refractivity (Wildman–Crippen MR) is 80.6 cm³/mol. The molecule has 104 valence electrons. The minimum Gasteiger partial charge on any atom is -0.364 e. The van der Waals surface area contributed by atoms with E-state index in [0.29, 0.717) is 6.73 Å². The first kappa shape index (κ1) is 13.4. The lowest BCUT2D eigenvalue weighted by Gasteiger charge is -2.30. The number of methoxy groups -OCH3 is 1. The molecule has 0 aliphatic carbocycles. The van der Waals surface area contributed by atoms with Crippen LogP contribution in [-0.2, 0) is 11.2 Å². The number of rotatable bonds is 4. The van der Waals surface area contributed by atoms with E-state index in [1.807, 2.05) is 0 Å². The van der Waals surface area contributed by atoms with Gasteiger partial charge in [0.15, 0.2) is 5.82 Å². The third-order valence-corrected chi connectivity index (χ3v) is 4.27. The SMILES string of the molecule is CCCc1ccc2c(c1)N(COC)c1nccnc1S2. The highest BCUT2D eigenvalue weighted by molar-refractivity contribution is 7.99. The third-order valence-electron chi connectivity index (χ3n) is 3.22. The Morgan fingerprint density at radius 3 is 2.90 bits per heavy atom. The summed E-state index contributed by atoms with van der Waals surface area (Å²) in [5.41, 5.74) is 2.51. The number of aromatic nitrogens is 2. The van der Waals surface area contributed by atoms with Crippen LogP contribution in [0, 0.1) is 0 Å². The van der Waals surface area contributed by atoms with Crippen LogP contribution in [0.5, 0.6) is 0 Å². The van der Waals surface area contributed by atoms with Gasteiger partial charge in [0, 0.05) is 24.4 Å². The lowest BCUT2D eigenvalue weighted by molar-refractivity contribution is 0.204. The largest absolute Gasteiger partial charge is 0.364 e. The highest BCUT2D eigenvalue weighted by Gasteiger charge is 2.25. The molecule has 20 heavy (non-hydrogen) atoms. The van der Waals surface area contributed by atoms with Gasteiger partial charge in [-0.2, -0.15) is 0 Å². The van der Waals surface area contributed by atoms with Gasteiger partial charge in [-0.05, 0) is 24.1 Å². The highest BCUT2D eigenvalue weighted by atomic mass is 32.2. The molecule has 0 fully saturated rings. The van der Waals surface area contributed by atoms with Gasteiger partial charge in [-0.15, -0.1) is 0 Å². The van der Waals surface area contributed by atoms with Crippen molar-refractivity contribution in [2.24, 2.45) is 0 Å². The van der Waals surface area contributed by atoms with Gasteiger partial charge in [0.2, 0.25) is 0 Å². The Bertz CT molecular complexity index is 618. The Hall–Kier alpha value is -1.59. The van der Waals surface area contributed by atoms with E-state index in [-0.39, 0.29) is 0 Å². The van der Waals surface area contributed by atoms with Crippen LogP contribution in [-0.4, -0.2) is 23.8 Å². The first-order valence-corrected chi connectivity index (χ1v) is 7.53. The Morgan fingerprint density at radius 2 is 2.10 bits per heavy atom. The molecule has 0 amide bonds. The van der Waals surface area contributed by atoms with E-state index in [1.165, 1.54) is 10.5 Å². The summed E-state index contributed by atoms with van der Waals surface area (Å²) in [6.45, 7) is 2.68. The Balaban J connectivity index is 2.06. The fraction of sp³-hybridized carbons (Fsp3) is 0.333. The van der Waals surface area contributed by atoms with Gasteiger partial charge in [0.25, 0.3) is 0 Å². The summed E-state index contributed by atoms with van der Waals surface area (Å²) in [6.07, 6.45) is 5.69. The summed E-state index contributed by atoms with van der Waals surface area (Å²) >= 11 is 1.67. The zero-order chi connectivity index (χ0) is 13.9. The summed E-state index contributed by atoms with van der Waals surface area (Å²) < 4.78 is 5.34. The maximum Gasteiger partial charge on any atom is 0.168 e. The molecule has 0 N–H and O–H groups in total. The van der Waals surface area contributed by atoms with Crippen LogP contribution in [0.2, 0.25) is 0 Å². The molecule has 0 bridgehead atoms. The summed E-state index contributed by atoms with van der Waals surface area (Å²) in [7, 11) is 1.70. The van der Waals surface area contributed by atoms with Crippen LogP contribution in [0.4, 0.5) is 11.5 Å². The average Bonchev–Trinajstić information content (AvgIpc) is 2.48. The van der Waals surface area contributed by atoms with Crippen LogP contribution in [0.25, 0.3) is 0 Å². The summed E-state index contributed by atoms with van der Waals surface area (Å²) in [6, 6.07) is 6.61. The molecule has 0 saturated carbocycles. The molecule has 1 aliphatic heterocycles. The first-order chi connectivity index (χ1) is 9.83. The number of aryl methyl sites for hydroxylation is 1. The minimum absolute atomic E-state index is 0.481. The fourth-order valence-corrected chi connectivity index (χ4v) is 3.34. The van der Waals surface area contributed by atoms with Crippen LogP contribution in [0.3, 0.4) is 0 Å². The molecular weight excluding hydrogens is 270 g/mol.